The zero-order valence-electron chi connectivity index (χ0n) is 5.81. The second kappa shape index (κ2) is 5.45. The van der Waals surface area contributed by atoms with E-state index >= 15 is 0 Å². The van der Waals surface area contributed by atoms with Crippen LogP contribution in [0.4, 0.5) is 0 Å². The number of aliphatic hydroxyl groups is 1. The minimum Gasteiger partial charge on any atom is -0.396 e. The number of allylic oxidation sites excluding steroid dienone is 3. The Balaban J connectivity index is 4.03. The first-order valence-corrected chi connectivity index (χ1v) is 3.78. The molecule has 56 valence electrons. The Morgan fingerprint density at radius 1 is 1.60 bits per heavy atom. The van der Waals surface area contributed by atoms with Gasteiger partial charge in [0.05, 0.1) is 0 Å². The smallest absolute Gasteiger partial charge is 0.0471 e. The minimum atomic E-state index is 0.151. The average molecular weight is 203 g/mol. The molecule has 0 saturated heterocycles. The molecule has 0 aromatic carbocycles. The van der Waals surface area contributed by atoms with Crippen molar-refractivity contribution in [2.45, 2.75) is 6.42 Å². The van der Waals surface area contributed by atoms with Crippen LogP contribution in [-0.4, -0.2) is 11.7 Å². The van der Waals surface area contributed by atoms with Crippen molar-refractivity contribution in [3.05, 3.63) is 35.4 Å². The highest BCUT2D eigenvalue weighted by molar-refractivity contribution is 9.11. The molecule has 0 radical (unpaired) electrons. The lowest BCUT2D eigenvalue weighted by Crippen LogP contribution is -1.84. The van der Waals surface area contributed by atoms with E-state index in [1.807, 2.05) is 6.08 Å². The molecule has 1 nitrogen and oxygen atoms in total. The maximum Gasteiger partial charge on any atom is 0.0471 e. The van der Waals surface area contributed by atoms with Crippen LogP contribution in [0.25, 0.3) is 0 Å². The van der Waals surface area contributed by atoms with Crippen molar-refractivity contribution in [2.24, 2.45) is 0 Å². The second-order valence-corrected chi connectivity index (χ2v) is 2.86. The fourth-order valence-corrected chi connectivity index (χ4v) is 0.857. The predicted molar refractivity (Wildman–Crippen MR) is 48.0 cm³/mol. The van der Waals surface area contributed by atoms with Crippen LogP contribution in [0.3, 0.4) is 0 Å². The van der Waals surface area contributed by atoms with Crippen LogP contribution in [0.2, 0.25) is 0 Å². The van der Waals surface area contributed by atoms with Gasteiger partial charge < -0.3 is 5.11 Å². The first-order valence-electron chi connectivity index (χ1n) is 2.99. The first kappa shape index (κ1) is 9.66. The van der Waals surface area contributed by atoms with Crippen molar-refractivity contribution in [3.63, 3.8) is 0 Å². The molecule has 1 N–H and O–H groups in total. The van der Waals surface area contributed by atoms with Crippen molar-refractivity contribution in [3.8, 4) is 0 Å². The maximum atomic E-state index is 8.55. The van der Waals surface area contributed by atoms with Gasteiger partial charge in [-0.1, -0.05) is 35.2 Å². The van der Waals surface area contributed by atoms with E-state index in [-0.39, 0.29) is 6.61 Å². The highest BCUT2D eigenvalue weighted by Crippen LogP contribution is 2.10. The molecule has 0 aliphatic carbocycles. The lowest BCUT2D eigenvalue weighted by atomic mass is 10.2. The molecule has 0 spiro atoms. The molecule has 0 saturated carbocycles. The molecule has 0 unspecified atom stereocenters. The van der Waals surface area contributed by atoms with Crippen molar-refractivity contribution in [1.82, 2.24) is 0 Å². The summed E-state index contributed by atoms with van der Waals surface area (Å²) in [5.41, 5.74) is 0.990. The van der Waals surface area contributed by atoms with Crippen LogP contribution in [0.15, 0.2) is 35.4 Å². The van der Waals surface area contributed by atoms with Gasteiger partial charge in [-0.05, 0) is 18.1 Å². The Kier molecular flexibility index (Phi) is 5.26. The molecular formula is C8H11BrO. The summed E-state index contributed by atoms with van der Waals surface area (Å²) in [5.74, 6) is 0. The largest absolute Gasteiger partial charge is 0.396 e. The molecule has 2 heteroatoms. The van der Waals surface area contributed by atoms with Crippen LogP contribution >= 0.6 is 15.9 Å². The van der Waals surface area contributed by atoms with E-state index in [2.05, 4.69) is 29.1 Å². The Bertz CT molecular complexity index is 159. The van der Waals surface area contributed by atoms with Gasteiger partial charge in [0, 0.05) is 11.1 Å². The fraction of sp³-hybridized carbons (Fsp3) is 0.250. The van der Waals surface area contributed by atoms with Gasteiger partial charge in [-0.25, -0.2) is 0 Å². The summed E-state index contributed by atoms with van der Waals surface area (Å²) in [4.78, 5) is 0. The number of hydrogen-bond acceptors (Lipinski definition) is 1. The second-order valence-electron chi connectivity index (χ2n) is 1.84. The third-order valence-electron chi connectivity index (χ3n) is 1.00. The van der Waals surface area contributed by atoms with Crippen LogP contribution < -0.4 is 0 Å². The van der Waals surface area contributed by atoms with Gasteiger partial charge in [0.25, 0.3) is 0 Å². The van der Waals surface area contributed by atoms with Gasteiger partial charge in [-0.3, -0.25) is 0 Å². The molecule has 0 heterocycles. The summed E-state index contributed by atoms with van der Waals surface area (Å²) >= 11 is 3.19. The Labute approximate surface area is 69.9 Å². The summed E-state index contributed by atoms with van der Waals surface area (Å²) < 4.78 is 0.802. The van der Waals surface area contributed by atoms with Gasteiger partial charge in [-0.2, -0.15) is 0 Å². The monoisotopic (exact) mass is 202 g/mol. The highest BCUT2D eigenvalue weighted by atomic mass is 79.9. The third-order valence-corrected chi connectivity index (χ3v) is 1.23. The number of halogens is 1. The average Bonchev–Trinajstić information content (AvgIpc) is 1.86. The van der Waals surface area contributed by atoms with Crippen molar-refractivity contribution in [2.75, 3.05) is 6.61 Å². The van der Waals surface area contributed by atoms with Crippen LogP contribution in [0, 0.1) is 0 Å². The molecule has 0 aliphatic heterocycles. The van der Waals surface area contributed by atoms with Gasteiger partial charge in [-0.15, -0.1) is 0 Å². The lowest BCUT2D eigenvalue weighted by molar-refractivity contribution is 0.300. The zero-order chi connectivity index (χ0) is 7.98. The molecule has 0 rings (SSSR count). The van der Waals surface area contributed by atoms with Crippen LogP contribution in [0.5, 0.6) is 0 Å². The van der Waals surface area contributed by atoms with E-state index in [4.69, 9.17) is 5.11 Å². The zero-order valence-corrected chi connectivity index (χ0v) is 7.39. The quantitative estimate of drug-likeness (QED) is 0.695. The molecule has 0 atom stereocenters. The number of aliphatic hydroxyl groups excluding tert-OH is 1. The third kappa shape index (κ3) is 4.53. The normalized spacial score (nSPS) is 11.2. The molecule has 0 aliphatic rings. The number of hydrogen-bond donors (Lipinski definition) is 1. The fourth-order valence-electron chi connectivity index (χ4n) is 0.563. The Hall–Kier alpha value is -0.340. The number of rotatable bonds is 4. The molecule has 0 aromatic heterocycles. The topological polar surface area (TPSA) is 20.2 Å². The van der Waals surface area contributed by atoms with Gasteiger partial charge in [0.2, 0.25) is 0 Å². The Morgan fingerprint density at radius 2 is 2.20 bits per heavy atom. The van der Waals surface area contributed by atoms with Crippen molar-refractivity contribution < 1.29 is 5.11 Å². The van der Waals surface area contributed by atoms with Crippen molar-refractivity contribution >= 4 is 15.9 Å². The molecule has 0 amide bonds. The highest BCUT2D eigenvalue weighted by Gasteiger charge is 1.89. The summed E-state index contributed by atoms with van der Waals surface area (Å²) in [6.45, 7) is 7.38. The minimum absolute atomic E-state index is 0.151. The maximum absolute atomic E-state index is 8.55. The Morgan fingerprint density at radius 3 is 2.50 bits per heavy atom. The van der Waals surface area contributed by atoms with E-state index in [1.54, 1.807) is 6.08 Å². The molecule has 10 heavy (non-hydrogen) atoms. The van der Waals surface area contributed by atoms with E-state index in [1.165, 1.54) is 0 Å². The molecule has 0 aromatic rings. The molecule has 0 fully saturated rings. The van der Waals surface area contributed by atoms with Crippen molar-refractivity contribution in [1.29, 1.82) is 0 Å². The van der Waals surface area contributed by atoms with E-state index in [0.717, 1.165) is 10.1 Å². The first-order chi connectivity index (χ1) is 4.70. The molecule has 0 bridgehead atoms. The summed E-state index contributed by atoms with van der Waals surface area (Å²) in [6.07, 6.45) is 4.18. The van der Waals surface area contributed by atoms with E-state index in [0.29, 0.717) is 6.42 Å². The van der Waals surface area contributed by atoms with Crippen LogP contribution in [-0.2, 0) is 0 Å². The standard InChI is InChI=1S/C8H11BrO/c1-3-8(4-5-10)6-7(2)9/h3,6,10H,1-2,4-5H2/b8-6+. The predicted octanol–water partition coefficient (Wildman–Crippen LogP) is 2.39. The molecular weight excluding hydrogens is 192 g/mol. The summed E-state index contributed by atoms with van der Waals surface area (Å²) in [7, 11) is 0. The van der Waals surface area contributed by atoms with Crippen LogP contribution in [0.1, 0.15) is 6.42 Å². The van der Waals surface area contributed by atoms with Gasteiger partial charge >= 0.3 is 0 Å². The van der Waals surface area contributed by atoms with Gasteiger partial charge in [0.1, 0.15) is 0 Å². The van der Waals surface area contributed by atoms with E-state index in [9.17, 15) is 0 Å². The summed E-state index contributed by atoms with van der Waals surface area (Å²) in [6, 6.07) is 0. The van der Waals surface area contributed by atoms with E-state index < -0.39 is 0 Å². The van der Waals surface area contributed by atoms with Gasteiger partial charge in [0.15, 0.2) is 0 Å². The lowest BCUT2D eigenvalue weighted by Gasteiger charge is -1.95. The summed E-state index contributed by atoms with van der Waals surface area (Å²) in [5, 5.41) is 8.55. The SMILES string of the molecule is C=C/C(=C\C(=C)Br)CCO.